The standard InChI is InChI=1S/C22H30/c1-15-13-18(21(3,4)5)20(19(14-15)22(6,7)8)17-12-10-9-11-16(17)2/h9,11-14H,2,10H2,1,3-8H3. The fourth-order valence-corrected chi connectivity index (χ4v) is 3.14. The molecule has 0 saturated heterocycles. The van der Waals surface area contributed by atoms with Crippen LogP contribution in [0.4, 0.5) is 0 Å². The van der Waals surface area contributed by atoms with Gasteiger partial charge in [-0.05, 0) is 52.0 Å². The predicted molar refractivity (Wildman–Crippen MR) is 99.5 cm³/mol. The van der Waals surface area contributed by atoms with E-state index < -0.39 is 0 Å². The van der Waals surface area contributed by atoms with Gasteiger partial charge in [0.25, 0.3) is 0 Å². The highest BCUT2D eigenvalue weighted by molar-refractivity contribution is 5.86. The Bertz CT molecular complexity index is 617. The van der Waals surface area contributed by atoms with Crippen molar-refractivity contribution in [2.45, 2.75) is 65.7 Å². The Morgan fingerprint density at radius 3 is 1.82 bits per heavy atom. The van der Waals surface area contributed by atoms with Crippen molar-refractivity contribution in [2.75, 3.05) is 0 Å². The largest absolute Gasteiger partial charge is 0.0912 e. The number of rotatable bonds is 1. The quantitative estimate of drug-likeness (QED) is 0.555. The van der Waals surface area contributed by atoms with E-state index >= 15 is 0 Å². The molecule has 0 radical (unpaired) electrons. The Balaban J connectivity index is 2.84. The molecule has 0 heterocycles. The summed E-state index contributed by atoms with van der Waals surface area (Å²) < 4.78 is 0. The molecule has 1 aromatic carbocycles. The monoisotopic (exact) mass is 294 g/mol. The number of hydrogen-bond acceptors (Lipinski definition) is 0. The molecule has 118 valence electrons. The second-order valence-corrected chi connectivity index (χ2v) is 8.52. The van der Waals surface area contributed by atoms with Gasteiger partial charge in [-0.1, -0.05) is 84.0 Å². The molecule has 0 unspecified atom stereocenters. The highest BCUT2D eigenvalue weighted by atomic mass is 14.3. The Kier molecular flexibility index (Phi) is 4.26. The molecule has 0 bridgehead atoms. The molecule has 0 aromatic heterocycles. The normalized spacial score (nSPS) is 16.0. The van der Waals surface area contributed by atoms with E-state index in [-0.39, 0.29) is 10.8 Å². The molecule has 2 rings (SSSR count). The van der Waals surface area contributed by atoms with Gasteiger partial charge in [0.05, 0.1) is 0 Å². The molecule has 22 heavy (non-hydrogen) atoms. The highest BCUT2D eigenvalue weighted by Gasteiger charge is 2.28. The Morgan fingerprint density at radius 2 is 1.41 bits per heavy atom. The van der Waals surface area contributed by atoms with Crippen LogP contribution in [0.15, 0.2) is 42.5 Å². The summed E-state index contributed by atoms with van der Waals surface area (Å²) in [5.74, 6) is 0. The van der Waals surface area contributed by atoms with Crippen LogP contribution in [-0.4, -0.2) is 0 Å². The first kappa shape index (κ1) is 16.8. The van der Waals surface area contributed by atoms with Gasteiger partial charge in [0, 0.05) is 0 Å². The van der Waals surface area contributed by atoms with E-state index in [1.165, 1.54) is 27.8 Å². The second kappa shape index (κ2) is 5.57. The third-order valence-electron chi connectivity index (χ3n) is 4.29. The Morgan fingerprint density at radius 1 is 0.909 bits per heavy atom. The number of hydrogen-bond donors (Lipinski definition) is 0. The van der Waals surface area contributed by atoms with Crippen LogP contribution < -0.4 is 0 Å². The molecular weight excluding hydrogens is 264 g/mol. The van der Waals surface area contributed by atoms with Crippen LogP contribution in [0.3, 0.4) is 0 Å². The van der Waals surface area contributed by atoms with E-state index in [0.717, 1.165) is 12.0 Å². The minimum Gasteiger partial charge on any atom is -0.0912 e. The van der Waals surface area contributed by atoms with Crippen LogP contribution >= 0.6 is 0 Å². The second-order valence-electron chi connectivity index (χ2n) is 8.52. The molecule has 0 amide bonds. The van der Waals surface area contributed by atoms with Crippen molar-refractivity contribution in [3.8, 4) is 0 Å². The van der Waals surface area contributed by atoms with Crippen LogP contribution in [0.25, 0.3) is 5.57 Å². The van der Waals surface area contributed by atoms with Gasteiger partial charge >= 0.3 is 0 Å². The van der Waals surface area contributed by atoms with Crippen molar-refractivity contribution < 1.29 is 0 Å². The van der Waals surface area contributed by atoms with E-state index in [9.17, 15) is 0 Å². The van der Waals surface area contributed by atoms with Gasteiger partial charge in [-0.25, -0.2) is 0 Å². The number of allylic oxidation sites excluding steroid dienone is 5. The molecule has 0 N–H and O–H groups in total. The van der Waals surface area contributed by atoms with E-state index in [1.807, 2.05) is 0 Å². The lowest BCUT2D eigenvalue weighted by Crippen LogP contribution is -2.21. The van der Waals surface area contributed by atoms with Crippen molar-refractivity contribution in [3.63, 3.8) is 0 Å². The van der Waals surface area contributed by atoms with Crippen LogP contribution in [0.2, 0.25) is 0 Å². The topological polar surface area (TPSA) is 0 Å². The molecule has 1 aromatic rings. The maximum Gasteiger partial charge on any atom is -0.0106 e. The minimum absolute atomic E-state index is 0.115. The average molecular weight is 294 g/mol. The lowest BCUT2D eigenvalue weighted by Gasteiger charge is -2.32. The molecule has 0 atom stereocenters. The lowest BCUT2D eigenvalue weighted by molar-refractivity contribution is 0.564. The van der Waals surface area contributed by atoms with Gasteiger partial charge in [-0.3, -0.25) is 0 Å². The molecule has 0 saturated carbocycles. The van der Waals surface area contributed by atoms with Gasteiger partial charge in [0.15, 0.2) is 0 Å². The van der Waals surface area contributed by atoms with Crippen LogP contribution in [0.1, 0.15) is 70.2 Å². The summed E-state index contributed by atoms with van der Waals surface area (Å²) in [5, 5.41) is 0. The molecular formula is C22H30. The fourth-order valence-electron chi connectivity index (χ4n) is 3.14. The molecule has 1 aliphatic carbocycles. The molecule has 0 nitrogen and oxygen atoms in total. The summed E-state index contributed by atoms with van der Waals surface area (Å²) in [5.41, 5.74) is 8.28. The van der Waals surface area contributed by atoms with E-state index in [4.69, 9.17) is 0 Å². The summed E-state index contributed by atoms with van der Waals surface area (Å²) in [6.45, 7) is 20.3. The first-order valence-corrected chi connectivity index (χ1v) is 8.24. The molecule has 0 spiro atoms. The zero-order valence-corrected chi connectivity index (χ0v) is 15.3. The van der Waals surface area contributed by atoms with Crippen molar-refractivity contribution in [1.29, 1.82) is 0 Å². The average Bonchev–Trinajstić information content (AvgIpc) is 2.37. The van der Waals surface area contributed by atoms with E-state index in [2.05, 4.69) is 85.4 Å². The maximum atomic E-state index is 4.29. The summed E-state index contributed by atoms with van der Waals surface area (Å²) in [4.78, 5) is 0. The molecule has 0 fully saturated rings. The first-order chi connectivity index (χ1) is 10.0. The van der Waals surface area contributed by atoms with Gasteiger partial charge in [-0.2, -0.15) is 0 Å². The highest BCUT2D eigenvalue weighted by Crippen LogP contribution is 2.41. The van der Waals surface area contributed by atoms with Crippen LogP contribution in [-0.2, 0) is 10.8 Å². The number of benzene rings is 1. The molecule has 0 heteroatoms. The van der Waals surface area contributed by atoms with Gasteiger partial charge in [0.2, 0.25) is 0 Å². The fraction of sp³-hybridized carbons (Fsp3) is 0.455. The lowest BCUT2D eigenvalue weighted by atomic mass is 9.72. The summed E-state index contributed by atoms with van der Waals surface area (Å²) >= 11 is 0. The Labute approximate surface area is 136 Å². The molecule has 1 aliphatic rings. The smallest absolute Gasteiger partial charge is 0.0106 e. The van der Waals surface area contributed by atoms with Crippen LogP contribution in [0.5, 0.6) is 0 Å². The minimum atomic E-state index is 0.115. The van der Waals surface area contributed by atoms with Gasteiger partial charge < -0.3 is 0 Å². The van der Waals surface area contributed by atoms with Crippen molar-refractivity contribution in [3.05, 3.63) is 64.8 Å². The van der Waals surface area contributed by atoms with Crippen LogP contribution in [0, 0.1) is 6.92 Å². The first-order valence-electron chi connectivity index (χ1n) is 8.24. The van der Waals surface area contributed by atoms with Crippen molar-refractivity contribution >= 4 is 5.57 Å². The molecule has 0 aliphatic heterocycles. The van der Waals surface area contributed by atoms with Gasteiger partial charge in [0.1, 0.15) is 0 Å². The Hall–Kier alpha value is -1.56. The summed E-state index contributed by atoms with van der Waals surface area (Å²) in [6.07, 6.45) is 7.68. The third kappa shape index (κ3) is 3.27. The van der Waals surface area contributed by atoms with Crippen molar-refractivity contribution in [1.82, 2.24) is 0 Å². The zero-order valence-electron chi connectivity index (χ0n) is 15.3. The summed E-state index contributed by atoms with van der Waals surface area (Å²) in [6, 6.07) is 4.72. The maximum absolute atomic E-state index is 4.29. The van der Waals surface area contributed by atoms with E-state index in [1.54, 1.807) is 0 Å². The van der Waals surface area contributed by atoms with Crippen molar-refractivity contribution in [2.24, 2.45) is 0 Å². The summed E-state index contributed by atoms with van der Waals surface area (Å²) in [7, 11) is 0. The predicted octanol–water partition coefficient (Wildman–Crippen LogP) is 6.49. The van der Waals surface area contributed by atoms with E-state index in [0.29, 0.717) is 0 Å². The zero-order chi connectivity index (χ0) is 16.7. The number of aryl methyl sites for hydroxylation is 1. The van der Waals surface area contributed by atoms with Gasteiger partial charge in [-0.15, -0.1) is 0 Å². The third-order valence-corrected chi connectivity index (χ3v) is 4.29. The SMILES string of the molecule is C=C1C=CCC=C1c1c(C(C)(C)C)cc(C)cc1C(C)(C)C.